The van der Waals surface area contributed by atoms with Gasteiger partial charge in [-0.3, -0.25) is 4.79 Å². The van der Waals surface area contributed by atoms with Gasteiger partial charge in [-0.1, -0.05) is 6.92 Å². The molecule has 140 valence electrons. The minimum atomic E-state index is 0. The first-order valence-corrected chi connectivity index (χ1v) is 8.08. The molecule has 1 fully saturated rings. The van der Waals surface area contributed by atoms with Gasteiger partial charge in [0, 0.05) is 19.1 Å². The van der Waals surface area contributed by atoms with Gasteiger partial charge in [-0.2, -0.15) is 0 Å². The molecular weight excluding hydrogens is 365 g/mol. The Morgan fingerprint density at radius 1 is 1.44 bits per heavy atom. The smallest absolute Gasteiger partial charge is 0.263 e. The van der Waals surface area contributed by atoms with Crippen LogP contribution in [0.25, 0.3) is 11.7 Å². The molecule has 1 saturated heterocycles. The van der Waals surface area contributed by atoms with Gasteiger partial charge in [0.15, 0.2) is 5.76 Å². The minimum Gasteiger partial charge on any atom is -0.459 e. The summed E-state index contributed by atoms with van der Waals surface area (Å²) in [5.41, 5.74) is 6.51. The fraction of sp³-hybridized carbons (Fsp3) is 0.529. The van der Waals surface area contributed by atoms with E-state index >= 15 is 0 Å². The average Bonchev–Trinajstić information content (AvgIpc) is 3.17. The summed E-state index contributed by atoms with van der Waals surface area (Å²) in [4.78, 5) is 19.0. The van der Waals surface area contributed by atoms with Crippen molar-refractivity contribution in [3.8, 4) is 11.7 Å². The number of halogens is 2. The zero-order chi connectivity index (χ0) is 16.4. The van der Waals surface area contributed by atoms with Crippen molar-refractivity contribution >= 4 is 30.7 Å². The first kappa shape index (κ1) is 21.5. The van der Waals surface area contributed by atoms with Crippen LogP contribution < -0.4 is 5.73 Å². The van der Waals surface area contributed by atoms with Crippen molar-refractivity contribution < 1.29 is 13.6 Å². The second-order valence-electron chi connectivity index (χ2n) is 6.28. The lowest BCUT2D eigenvalue weighted by atomic mass is 9.92. The number of aryl methyl sites for hydroxylation is 1. The zero-order valence-electron chi connectivity index (χ0n) is 14.4. The fourth-order valence-electron chi connectivity index (χ4n) is 3.15. The zero-order valence-corrected chi connectivity index (χ0v) is 16.1. The normalized spacial score (nSPS) is 19.9. The fourth-order valence-corrected chi connectivity index (χ4v) is 3.15. The van der Waals surface area contributed by atoms with E-state index in [1.165, 1.54) is 0 Å². The van der Waals surface area contributed by atoms with E-state index in [0.29, 0.717) is 35.6 Å². The van der Waals surface area contributed by atoms with Crippen molar-refractivity contribution in [1.82, 2.24) is 9.88 Å². The number of nitrogens with zero attached hydrogens (tertiary/aromatic N) is 2. The SMILES string of the molecule is Cc1oc(-c2ccco2)nc1CC(=O)N1CCC(C)CC1CN.Cl.Cl. The topological polar surface area (TPSA) is 85.5 Å². The van der Waals surface area contributed by atoms with Crippen LogP contribution in [-0.4, -0.2) is 34.9 Å². The predicted octanol–water partition coefficient (Wildman–Crippen LogP) is 3.21. The van der Waals surface area contributed by atoms with Crippen LogP contribution in [0.15, 0.2) is 27.2 Å². The van der Waals surface area contributed by atoms with Crippen molar-refractivity contribution in [3.05, 3.63) is 29.9 Å². The van der Waals surface area contributed by atoms with Gasteiger partial charge < -0.3 is 19.5 Å². The lowest BCUT2D eigenvalue weighted by Gasteiger charge is -2.38. The summed E-state index contributed by atoms with van der Waals surface area (Å²) >= 11 is 0. The number of likely N-dealkylation sites (tertiary alicyclic amines) is 1. The molecule has 8 heteroatoms. The largest absolute Gasteiger partial charge is 0.459 e. The number of hydrogen-bond acceptors (Lipinski definition) is 5. The second kappa shape index (κ2) is 9.27. The third kappa shape index (κ3) is 4.77. The number of carbonyl (C=O) groups excluding carboxylic acids is 1. The van der Waals surface area contributed by atoms with Crippen molar-refractivity contribution in [2.75, 3.05) is 13.1 Å². The quantitative estimate of drug-likeness (QED) is 0.867. The van der Waals surface area contributed by atoms with Crippen molar-refractivity contribution in [3.63, 3.8) is 0 Å². The Balaban J connectivity index is 0.00000156. The van der Waals surface area contributed by atoms with E-state index < -0.39 is 0 Å². The second-order valence-corrected chi connectivity index (χ2v) is 6.28. The van der Waals surface area contributed by atoms with Crippen LogP contribution in [0.2, 0.25) is 0 Å². The maximum atomic E-state index is 12.7. The molecule has 1 amide bonds. The van der Waals surface area contributed by atoms with Crippen LogP contribution in [-0.2, 0) is 11.2 Å². The summed E-state index contributed by atoms with van der Waals surface area (Å²) in [5.74, 6) is 2.32. The van der Waals surface area contributed by atoms with Gasteiger partial charge in [-0.05, 0) is 37.8 Å². The molecule has 2 unspecified atom stereocenters. The van der Waals surface area contributed by atoms with Crippen molar-refractivity contribution in [1.29, 1.82) is 0 Å². The van der Waals surface area contributed by atoms with Crippen LogP contribution >= 0.6 is 24.8 Å². The third-order valence-corrected chi connectivity index (χ3v) is 4.51. The molecule has 1 aliphatic heterocycles. The summed E-state index contributed by atoms with van der Waals surface area (Å²) in [6, 6.07) is 3.69. The Hall–Kier alpha value is -1.50. The number of amides is 1. The number of oxazole rings is 1. The molecule has 6 nitrogen and oxygen atoms in total. The molecule has 0 saturated carbocycles. The van der Waals surface area contributed by atoms with Gasteiger partial charge in [-0.25, -0.2) is 4.98 Å². The summed E-state index contributed by atoms with van der Waals surface area (Å²) in [5, 5.41) is 0. The van der Waals surface area contributed by atoms with Crippen LogP contribution in [0.4, 0.5) is 0 Å². The number of piperidine rings is 1. The molecule has 0 aliphatic carbocycles. The van der Waals surface area contributed by atoms with Crippen LogP contribution in [0.3, 0.4) is 0 Å². The number of furan rings is 1. The summed E-state index contributed by atoms with van der Waals surface area (Å²) in [7, 11) is 0. The summed E-state index contributed by atoms with van der Waals surface area (Å²) in [6.45, 7) is 5.30. The molecule has 3 rings (SSSR count). The number of hydrogen-bond donors (Lipinski definition) is 1. The summed E-state index contributed by atoms with van der Waals surface area (Å²) in [6.07, 6.45) is 3.80. The molecule has 2 N–H and O–H groups in total. The molecule has 1 aliphatic rings. The first-order valence-electron chi connectivity index (χ1n) is 8.08. The number of carbonyl (C=O) groups is 1. The Kier molecular flexibility index (Phi) is 7.99. The van der Waals surface area contributed by atoms with Crippen LogP contribution in [0.5, 0.6) is 0 Å². The van der Waals surface area contributed by atoms with Gasteiger partial charge in [0.2, 0.25) is 5.91 Å². The third-order valence-electron chi connectivity index (χ3n) is 4.51. The molecular formula is C17H25Cl2N3O3. The van der Waals surface area contributed by atoms with E-state index in [9.17, 15) is 4.79 Å². The molecule has 2 aromatic heterocycles. The minimum absolute atomic E-state index is 0. The Labute approximate surface area is 160 Å². The van der Waals surface area contributed by atoms with Gasteiger partial charge in [0.05, 0.1) is 18.4 Å². The van der Waals surface area contributed by atoms with Gasteiger partial charge in [-0.15, -0.1) is 24.8 Å². The van der Waals surface area contributed by atoms with Gasteiger partial charge >= 0.3 is 0 Å². The highest BCUT2D eigenvalue weighted by atomic mass is 35.5. The molecule has 0 bridgehead atoms. The lowest BCUT2D eigenvalue weighted by Crippen LogP contribution is -2.49. The maximum Gasteiger partial charge on any atom is 0.263 e. The molecule has 0 spiro atoms. The monoisotopic (exact) mass is 389 g/mol. The lowest BCUT2D eigenvalue weighted by molar-refractivity contribution is -0.134. The van der Waals surface area contributed by atoms with Gasteiger partial charge in [0.25, 0.3) is 5.89 Å². The van der Waals surface area contributed by atoms with E-state index in [4.69, 9.17) is 14.6 Å². The number of aromatic nitrogens is 1. The highest BCUT2D eigenvalue weighted by Gasteiger charge is 2.29. The highest BCUT2D eigenvalue weighted by molar-refractivity contribution is 5.85. The molecule has 2 atom stereocenters. The standard InChI is InChI=1S/C17H23N3O3.2ClH/c1-11-5-6-20(13(8-11)10-18)16(21)9-14-12(2)23-17(19-14)15-4-3-7-22-15;;/h3-4,7,11,13H,5-6,8-10,18H2,1-2H3;2*1H. The van der Waals surface area contributed by atoms with Crippen LogP contribution in [0, 0.1) is 12.8 Å². The van der Waals surface area contributed by atoms with Crippen molar-refractivity contribution in [2.24, 2.45) is 11.7 Å². The number of nitrogens with two attached hydrogens (primary N) is 1. The van der Waals surface area contributed by atoms with E-state index in [-0.39, 0.29) is 43.2 Å². The molecule has 2 aromatic rings. The van der Waals surface area contributed by atoms with E-state index in [1.807, 2.05) is 11.8 Å². The molecule has 0 radical (unpaired) electrons. The van der Waals surface area contributed by atoms with E-state index in [2.05, 4.69) is 11.9 Å². The Bertz CT molecular complexity index is 673. The van der Waals surface area contributed by atoms with E-state index in [1.54, 1.807) is 18.4 Å². The highest BCUT2D eigenvalue weighted by Crippen LogP contribution is 2.25. The number of rotatable bonds is 4. The van der Waals surface area contributed by atoms with Gasteiger partial charge in [0.1, 0.15) is 5.76 Å². The molecule has 25 heavy (non-hydrogen) atoms. The Morgan fingerprint density at radius 3 is 2.84 bits per heavy atom. The average molecular weight is 390 g/mol. The van der Waals surface area contributed by atoms with Crippen molar-refractivity contribution in [2.45, 2.75) is 39.2 Å². The first-order chi connectivity index (χ1) is 11.1. The van der Waals surface area contributed by atoms with E-state index in [0.717, 1.165) is 19.4 Å². The maximum absolute atomic E-state index is 12.7. The summed E-state index contributed by atoms with van der Waals surface area (Å²) < 4.78 is 10.9. The molecule has 3 heterocycles. The molecule has 0 aromatic carbocycles. The Morgan fingerprint density at radius 2 is 2.20 bits per heavy atom. The van der Waals surface area contributed by atoms with Crippen LogP contribution in [0.1, 0.15) is 31.2 Å². The predicted molar refractivity (Wildman–Crippen MR) is 100 cm³/mol.